The van der Waals surface area contributed by atoms with E-state index in [4.69, 9.17) is 4.74 Å². The van der Waals surface area contributed by atoms with Crippen molar-refractivity contribution in [3.8, 4) is 5.75 Å². The summed E-state index contributed by atoms with van der Waals surface area (Å²) in [5.74, 6) is 0.250. The third kappa shape index (κ3) is 2.11. The zero-order chi connectivity index (χ0) is 11.4. The number of allylic oxidation sites excluding steroid dienone is 1. The molecule has 0 spiro atoms. The number of carbonyl (C=O) groups is 1. The molecule has 0 radical (unpaired) electrons. The summed E-state index contributed by atoms with van der Waals surface area (Å²) in [7, 11) is 0. The molecule has 0 bridgehead atoms. The van der Waals surface area contributed by atoms with Gasteiger partial charge in [-0.25, -0.2) is 4.79 Å². The van der Waals surface area contributed by atoms with Crippen LogP contribution in [0.5, 0.6) is 5.75 Å². The van der Waals surface area contributed by atoms with Crippen molar-refractivity contribution in [1.29, 1.82) is 0 Å². The van der Waals surface area contributed by atoms with Crippen molar-refractivity contribution in [3.63, 3.8) is 0 Å². The molecule has 80 valence electrons. The van der Waals surface area contributed by atoms with E-state index in [0.29, 0.717) is 5.75 Å². The monoisotopic (exact) mass is 212 g/mol. The predicted octanol–water partition coefficient (Wildman–Crippen LogP) is 3.32. The molecule has 0 aliphatic rings. The molecule has 0 amide bonds. The maximum atomic E-state index is 11.3. The lowest BCUT2D eigenvalue weighted by Crippen LogP contribution is -2.03. The van der Waals surface area contributed by atoms with Gasteiger partial charge in [-0.2, -0.15) is 0 Å². The fraction of sp³-hybridized carbons (Fsp3) is 0.0714. The van der Waals surface area contributed by atoms with Crippen molar-refractivity contribution in [2.24, 2.45) is 0 Å². The third-order valence-electron chi connectivity index (χ3n) is 2.26. The summed E-state index contributed by atoms with van der Waals surface area (Å²) in [6, 6.07) is 13.5. The fourth-order valence-electron chi connectivity index (χ4n) is 1.56. The Hall–Kier alpha value is -2.09. The number of hydrogen-bond acceptors (Lipinski definition) is 2. The summed E-state index contributed by atoms with van der Waals surface area (Å²) in [5.41, 5.74) is 0. The highest BCUT2D eigenvalue weighted by Gasteiger charge is 2.04. The quantitative estimate of drug-likeness (QED) is 0.433. The van der Waals surface area contributed by atoms with Gasteiger partial charge in [0.05, 0.1) is 0 Å². The molecule has 2 rings (SSSR count). The summed E-state index contributed by atoms with van der Waals surface area (Å²) in [6.45, 7) is 1.78. The van der Waals surface area contributed by atoms with Gasteiger partial charge in [0.25, 0.3) is 0 Å². The van der Waals surface area contributed by atoms with Crippen LogP contribution in [0, 0.1) is 0 Å². The van der Waals surface area contributed by atoms with Crippen LogP contribution >= 0.6 is 0 Å². The molecule has 2 heteroatoms. The molecule has 0 aliphatic heterocycles. The maximum Gasteiger partial charge on any atom is 0.335 e. The summed E-state index contributed by atoms with van der Waals surface area (Å²) >= 11 is 0. The van der Waals surface area contributed by atoms with Crippen LogP contribution in [0.15, 0.2) is 54.6 Å². The van der Waals surface area contributed by atoms with Gasteiger partial charge in [-0.05, 0) is 18.4 Å². The van der Waals surface area contributed by atoms with Gasteiger partial charge < -0.3 is 4.74 Å². The van der Waals surface area contributed by atoms with Crippen LogP contribution < -0.4 is 4.74 Å². The van der Waals surface area contributed by atoms with Crippen LogP contribution in [0.3, 0.4) is 0 Å². The standard InChI is InChI=1S/C14H12O2/c1-2-6-14(15)16-13-10-5-8-11-7-3-4-9-12(11)13/h2-10H,1H3/b6-2+. The van der Waals surface area contributed by atoms with Crippen LogP contribution in [0.4, 0.5) is 0 Å². The summed E-state index contributed by atoms with van der Waals surface area (Å²) < 4.78 is 5.24. The van der Waals surface area contributed by atoms with Crippen LogP contribution in [-0.4, -0.2) is 5.97 Å². The van der Waals surface area contributed by atoms with Crippen molar-refractivity contribution in [2.75, 3.05) is 0 Å². The molecule has 2 aromatic carbocycles. The molecule has 0 unspecified atom stereocenters. The number of hydrogen-bond donors (Lipinski definition) is 0. The molecule has 0 saturated carbocycles. The second-order valence-corrected chi connectivity index (χ2v) is 3.40. The van der Waals surface area contributed by atoms with Crippen molar-refractivity contribution in [1.82, 2.24) is 0 Å². The lowest BCUT2D eigenvalue weighted by Gasteiger charge is -2.05. The van der Waals surface area contributed by atoms with E-state index in [2.05, 4.69) is 0 Å². The topological polar surface area (TPSA) is 26.3 Å². The second kappa shape index (κ2) is 4.62. The number of fused-ring (bicyclic) bond motifs is 1. The zero-order valence-corrected chi connectivity index (χ0v) is 9.01. The molecule has 0 fully saturated rings. The average molecular weight is 212 g/mol. The Morgan fingerprint density at radius 1 is 1.12 bits per heavy atom. The number of esters is 1. The first-order valence-corrected chi connectivity index (χ1v) is 5.13. The summed E-state index contributed by atoms with van der Waals surface area (Å²) in [6.07, 6.45) is 3.06. The van der Waals surface area contributed by atoms with Crippen molar-refractivity contribution in [3.05, 3.63) is 54.6 Å². The summed E-state index contributed by atoms with van der Waals surface area (Å²) in [4.78, 5) is 11.3. The van der Waals surface area contributed by atoms with E-state index in [1.165, 1.54) is 6.08 Å². The van der Waals surface area contributed by atoms with Gasteiger partial charge in [-0.3, -0.25) is 0 Å². The molecule has 0 aromatic heterocycles. The summed E-state index contributed by atoms with van der Waals surface area (Å²) in [5, 5.41) is 2.01. The van der Waals surface area contributed by atoms with Gasteiger partial charge in [-0.15, -0.1) is 0 Å². The minimum absolute atomic E-state index is 0.348. The van der Waals surface area contributed by atoms with Crippen LogP contribution in [-0.2, 0) is 4.79 Å². The van der Waals surface area contributed by atoms with E-state index >= 15 is 0 Å². The number of rotatable bonds is 2. The molecule has 0 saturated heterocycles. The van der Waals surface area contributed by atoms with Crippen LogP contribution in [0.1, 0.15) is 6.92 Å². The first-order chi connectivity index (χ1) is 7.81. The SMILES string of the molecule is C/C=C/C(=O)Oc1cccc2ccccc12. The lowest BCUT2D eigenvalue weighted by atomic mass is 10.1. The minimum atomic E-state index is -0.348. The molecule has 0 N–H and O–H groups in total. The van der Waals surface area contributed by atoms with Gasteiger partial charge in [0.2, 0.25) is 0 Å². The normalized spacial score (nSPS) is 10.8. The first kappa shape index (κ1) is 10.4. The number of ether oxygens (including phenoxy) is 1. The lowest BCUT2D eigenvalue weighted by molar-refractivity contribution is -0.128. The van der Waals surface area contributed by atoms with E-state index < -0.39 is 0 Å². The van der Waals surface area contributed by atoms with Crippen molar-refractivity contribution < 1.29 is 9.53 Å². The molecule has 2 aromatic rings. The van der Waals surface area contributed by atoms with Crippen molar-refractivity contribution in [2.45, 2.75) is 6.92 Å². The van der Waals surface area contributed by atoms with Crippen LogP contribution in [0.2, 0.25) is 0 Å². The minimum Gasteiger partial charge on any atom is -0.423 e. The number of benzene rings is 2. The highest BCUT2D eigenvalue weighted by atomic mass is 16.5. The second-order valence-electron chi connectivity index (χ2n) is 3.40. The van der Waals surface area contributed by atoms with E-state index in [1.54, 1.807) is 19.1 Å². The number of carbonyl (C=O) groups excluding carboxylic acids is 1. The zero-order valence-electron chi connectivity index (χ0n) is 9.01. The molecule has 0 aliphatic carbocycles. The van der Waals surface area contributed by atoms with Gasteiger partial charge in [0.15, 0.2) is 0 Å². The Morgan fingerprint density at radius 2 is 1.88 bits per heavy atom. The van der Waals surface area contributed by atoms with Gasteiger partial charge in [0, 0.05) is 11.5 Å². The molecule has 0 atom stereocenters. The Kier molecular flexibility index (Phi) is 3.01. The largest absolute Gasteiger partial charge is 0.423 e. The smallest absolute Gasteiger partial charge is 0.335 e. The van der Waals surface area contributed by atoms with E-state index in [0.717, 1.165) is 10.8 Å². The fourth-order valence-corrected chi connectivity index (χ4v) is 1.56. The highest BCUT2D eigenvalue weighted by molar-refractivity contribution is 5.92. The molecule has 2 nitrogen and oxygen atoms in total. The predicted molar refractivity (Wildman–Crippen MR) is 64.4 cm³/mol. The van der Waals surface area contributed by atoms with E-state index in [9.17, 15) is 4.79 Å². The van der Waals surface area contributed by atoms with E-state index in [-0.39, 0.29) is 5.97 Å². The Balaban J connectivity index is 2.41. The Bertz CT molecular complexity index is 536. The molecule has 0 heterocycles. The molecule has 16 heavy (non-hydrogen) atoms. The highest BCUT2D eigenvalue weighted by Crippen LogP contribution is 2.25. The Labute approximate surface area is 94.2 Å². The van der Waals surface area contributed by atoms with E-state index in [1.807, 2.05) is 36.4 Å². The van der Waals surface area contributed by atoms with Gasteiger partial charge >= 0.3 is 5.97 Å². The first-order valence-electron chi connectivity index (χ1n) is 5.13. The van der Waals surface area contributed by atoms with Gasteiger partial charge in [-0.1, -0.05) is 42.5 Å². The maximum absolute atomic E-state index is 11.3. The van der Waals surface area contributed by atoms with Crippen molar-refractivity contribution >= 4 is 16.7 Å². The Morgan fingerprint density at radius 3 is 2.69 bits per heavy atom. The van der Waals surface area contributed by atoms with Crippen LogP contribution in [0.25, 0.3) is 10.8 Å². The molecular weight excluding hydrogens is 200 g/mol. The van der Waals surface area contributed by atoms with Gasteiger partial charge in [0.1, 0.15) is 5.75 Å². The molecular formula is C14H12O2. The average Bonchev–Trinajstić information content (AvgIpc) is 2.30. The third-order valence-corrected chi connectivity index (χ3v) is 2.26.